The fourth-order valence-electron chi connectivity index (χ4n) is 3.72. The first kappa shape index (κ1) is 23.0. The highest BCUT2D eigenvalue weighted by molar-refractivity contribution is 7.13. The van der Waals surface area contributed by atoms with Crippen LogP contribution >= 0.6 is 11.3 Å². The van der Waals surface area contributed by atoms with Gasteiger partial charge < -0.3 is 20.5 Å². The summed E-state index contributed by atoms with van der Waals surface area (Å²) in [7, 11) is 0. The Morgan fingerprint density at radius 1 is 1.33 bits per heavy atom. The number of nitrogens with zero attached hydrogens (tertiary/aromatic N) is 4. The molecule has 0 aromatic carbocycles. The van der Waals surface area contributed by atoms with E-state index in [-0.39, 0.29) is 23.6 Å². The second-order valence-corrected chi connectivity index (χ2v) is 8.70. The van der Waals surface area contributed by atoms with Gasteiger partial charge in [0.25, 0.3) is 0 Å². The van der Waals surface area contributed by atoms with E-state index in [0.29, 0.717) is 41.2 Å². The average Bonchev–Trinajstić information content (AvgIpc) is 3.21. The SMILES string of the molecule is CCOC(=O)Cc1csc(NC(O)c2ccc(NCC3(c4ncccc4F)CCC3)nn2)n1. The molecule has 0 radical (unpaired) electrons. The lowest BCUT2D eigenvalue weighted by atomic mass is 9.66. The van der Waals surface area contributed by atoms with E-state index in [0.717, 1.165) is 19.3 Å². The number of nitrogens with one attached hydrogen (secondary N) is 2. The molecule has 0 spiro atoms. The van der Waals surface area contributed by atoms with Crippen LogP contribution in [0.25, 0.3) is 0 Å². The monoisotopic (exact) mass is 472 g/mol. The summed E-state index contributed by atoms with van der Waals surface area (Å²) in [6.45, 7) is 2.56. The van der Waals surface area contributed by atoms with E-state index in [1.54, 1.807) is 36.7 Å². The van der Waals surface area contributed by atoms with Gasteiger partial charge in [-0.1, -0.05) is 6.42 Å². The van der Waals surface area contributed by atoms with Crippen molar-refractivity contribution in [2.24, 2.45) is 0 Å². The van der Waals surface area contributed by atoms with Crippen molar-refractivity contribution in [3.63, 3.8) is 0 Å². The summed E-state index contributed by atoms with van der Waals surface area (Å²) in [5.74, 6) is -0.111. The van der Waals surface area contributed by atoms with Crippen LogP contribution in [-0.2, 0) is 21.4 Å². The fourth-order valence-corrected chi connectivity index (χ4v) is 4.46. The van der Waals surface area contributed by atoms with Gasteiger partial charge in [0.15, 0.2) is 11.4 Å². The molecular weight excluding hydrogens is 447 g/mol. The first-order valence-electron chi connectivity index (χ1n) is 10.7. The Morgan fingerprint density at radius 3 is 2.85 bits per heavy atom. The number of aromatic nitrogens is 4. The van der Waals surface area contributed by atoms with Crippen molar-refractivity contribution in [2.45, 2.75) is 44.2 Å². The number of hydrogen-bond donors (Lipinski definition) is 3. The van der Waals surface area contributed by atoms with Gasteiger partial charge in [0, 0.05) is 23.5 Å². The topological polar surface area (TPSA) is 122 Å². The lowest BCUT2D eigenvalue weighted by Crippen LogP contribution is -2.42. The lowest BCUT2D eigenvalue weighted by Gasteiger charge is -2.41. The number of ether oxygens (including phenoxy) is 1. The van der Waals surface area contributed by atoms with Crippen LogP contribution in [-0.4, -0.2) is 44.4 Å². The summed E-state index contributed by atoms with van der Waals surface area (Å²) in [5.41, 5.74) is 1.02. The van der Waals surface area contributed by atoms with Gasteiger partial charge in [0.05, 0.1) is 24.4 Å². The minimum absolute atomic E-state index is 0.0756. The lowest BCUT2D eigenvalue weighted by molar-refractivity contribution is -0.142. The Bertz CT molecular complexity index is 1090. The summed E-state index contributed by atoms with van der Waals surface area (Å²) >= 11 is 1.27. The molecule has 1 unspecified atom stereocenters. The van der Waals surface area contributed by atoms with Crippen molar-refractivity contribution in [3.05, 3.63) is 58.7 Å². The molecule has 11 heteroatoms. The molecule has 4 rings (SSSR count). The van der Waals surface area contributed by atoms with Crippen molar-refractivity contribution in [1.29, 1.82) is 0 Å². The van der Waals surface area contributed by atoms with Crippen molar-refractivity contribution >= 4 is 28.3 Å². The summed E-state index contributed by atoms with van der Waals surface area (Å²) in [4.78, 5) is 20.1. The smallest absolute Gasteiger partial charge is 0.311 e. The Hall–Kier alpha value is -3.18. The zero-order chi connectivity index (χ0) is 23.3. The van der Waals surface area contributed by atoms with Crippen LogP contribution in [0.15, 0.2) is 35.8 Å². The van der Waals surface area contributed by atoms with Crippen LogP contribution in [0.5, 0.6) is 0 Å². The molecule has 1 aliphatic rings. The maximum Gasteiger partial charge on any atom is 0.311 e. The van der Waals surface area contributed by atoms with Gasteiger partial charge in [-0.3, -0.25) is 9.78 Å². The highest BCUT2D eigenvalue weighted by atomic mass is 32.1. The number of anilines is 2. The number of thiazole rings is 1. The first-order chi connectivity index (χ1) is 16.0. The highest BCUT2D eigenvalue weighted by Gasteiger charge is 2.41. The van der Waals surface area contributed by atoms with E-state index in [2.05, 4.69) is 30.8 Å². The van der Waals surface area contributed by atoms with Gasteiger partial charge in [-0.25, -0.2) is 9.37 Å². The van der Waals surface area contributed by atoms with Crippen LogP contribution in [0.2, 0.25) is 0 Å². The summed E-state index contributed by atoms with van der Waals surface area (Å²) < 4.78 is 19.2. The van der Waals surface area contributed by atoms with E-state index >= 15 is 0 Å². The van der Waals surface area contributed by atoms with Gasteiger partial charge in [-0.05, 0) is 44.0 Å². The van der Waals surface area contributed by atoms with Crippen molar-refractivity contribution in [1.82, 2.24) is 20.2 Å². The van der Waals surface area contributed by atoms with Gasteiger partial charge in [-0.2, -0.15) is 0 Å². The van der Waals surface area contributed by atoms with Crippen LogP contribution in [0.1, 0.15) is 49.5 Å². The minimum Gasteiger partial charge on any atom is -0.466 e. The number of aliphatic hydroxyl groups is 1. The predicted octanol–water partition coefficient (Wildman–Crippen LogP) is 3.21. The second kappa shape index (κ2) is 10.2. The average molecular weight is 473 g/mol. The molecular formula is C22H25FN6O3S. The molecule has 3 aromatic heterocycles. The van der Waals surface area contributed by atoms with Crippen molar-refractivity contribution in [3.8, 4) is 0 Å². The van der Waals surface area contributed by atoms with Crippen LogP contribution < -0.4 is 10.6 Å². The predicted molar refractivity (Wildman–Crippen MR) is 121 cm³/mol. The van der Waals surface area contributed by atoms with Gasteiger partial charge >= 0.3 is 5.97 Å². The van der Waals surface area contributed by atoms with E-state index in [1.165, 1.54) is 17.4 Å². The molecule has 1 fully saturated rings. The molecule has 0 bridgehead atoms. The summed E-state index contributed by atoms with van der Waals surface area (Å²) in [5, 5.41) is 26.9. The molecule has 1 aliphatic carbocycles. The van der Waals surface area contributed by atoms with E-state index < -0.39 is 6.23 Å². The van der Waals surface area contributed by atoms with Gasteiger partial charge in [0.1, 0.15) is 17.3 Å². The first-order valence-corrected chi connectivity index (χ1v) is 11.6. The van der Waals surface area contributed by atoms with E-state index in [9.17, 15) is 14.3 Å². The Balaban J connectivity index is 1.33. The largest absolute Gasteiger partial charge is 0.466 e. The number of hydrogen-bond acceptors (Lipinski definition) is 10. The van der Waals surface area contributed by atoms with Crippen LogP contribution in [0, 0.1) is 5.82 Å². The summed E-state index contributed by atoms with van der Waals surface area (Å²) in [6.07, 6.45) is 3.31. The van der Waals surface area contributed by atoms with Crippen molar-refractivity contribution in [2.75, 3.05) is 23.8 Å². The number of pyridine rings is 1. The molecule has 3 N–H and O–H groups in total. The zero-order valence-corrected chi connectivity index (χ0v) is 18.9. The zero-order valence-electron chi connectivity index (χ0n) is 18.1. The normalized spacial score (nSPS) is 15.4. The van der Waals surface area contributed by atoms with Crippen LogP contribution in [0.4, 0.5) is 15.3 Å². The Kier molecular flexibility index (Phi) is 7.09. The highest BCUT2D eigenvalue weighted by Crippen LogP contribution is 2.43. The molecule has 0 amide bonds. The fraction of sp³-hybridized carbons (Fsp3) is 0.409. The third-order valence-electron chi connectivity index (χ3n) is 5.59. The number of halogens is 1. The molecule has 0 aliphatic heterocycles. The molecule has 0 saturated heterocycles. The molecule has 3 heterocycles. The minimum atomic E-state index is -1.12. The second-order valence-electron chi connectivity index (χ2n) is 7.84. The van der Waals surface area contributed by atoms with Crippen molar-refractivity contribution < 1.29 is 19.0 Å². The number of rotatable bonds is 10. The van der Waals surface area contributed by atoms with Gasteiger partial charge in [-0.15, -0.1) is 21.5 Å². The number of carbonyl (C=O) groups is 1. The number of aliphatic hydroxyl groups excluding tert-OH is 1. The summed E-state index contributed by atoms with van der Waals surface area (Å²) in [6, 6.07) is 6.39. The Labute approximate surface area is 194 Å². The molecule has 1 atom stereocenters. The molecule has 33 heavy (non-hydrogen) atoms. The number of carbonyl (C=O) groups excluding carboxylic acids is 1. The Morgan fingerprint density at radius 2 is 2.18 bits per heavy atom. The molecule has 9 nitrogen and oxygen atoms in total. The standard InChI is InChI=1S/C22H25FN6O3S/c1-2-32-18(30)11-14-12-33-21(26-14)27-20(31)16-6-7-17(29-28-16)25-13-22(8-4-9-22)19-15(23)5-3-10-24-19/h3,5-7,10,12,20,31H,2,4,8-9,11,13H2,1H3,(H,25,29)(H,26,27). The van der Waals surface area contributed by atoms with Gasteiger partial charge in [0.2, 0.25) is 0 Å². The van der Waals surface area contributed by atoms with E-state index in [1.807, 2.05) is 0 Å². The quantitative estimate of drug-likeness (QED) is 0.301. The third-order valence-corrected chi connectivity index (χ3v) is 6.41. The molecule has 3 aromatic rings. The number of esters is 1. The maximum absolute atomic E-state index is 14.3. The maximum atomic E-state index is 14.3. The van der Waals surface area contributed by atoms with E-state index in [4.69, 9.17) is 4.74 Å². The molecule has 1 saturated carbocycles. The third kappa shape index (κ3) is 5.42. The molecule has 174 valence electrons. The van der Waals surface area contributed by atoms with Crippen LogP contribution in [0.3, 0.4) is 0 Å².